The third kappa shape index (κ3) is 4.67. The monoisotopic (exact) mass is 292 g/mol. The predicted octanol–water partition coefficient (Wildman–Crippen LogP) is 3.88. The van der Waals surface area contributed by atoms with Gasteiger partial charge in [0.15, 0.2) is 0 Å². The van der Waals surface area contributed by atoms with Crippen LogP contribution in [-0.2, 0) is 0 Å². The van der Waals surface area contributed by atoms with Crippen molar-refractivity contribution in [1.29, 1.82) is 0 Å². The molecule has 1 aromatic rings. The fourth-order valence-corrected chi connectivity index (χ4v) is 2.11. The van der Waals surface area contributed by atoms with Gasteiger partial charge >= 0.3 is 6.18 Å². The lowest BCUT2D eigenvalue weighted by atomic mass is 10.0. The van der Waals surface area contributed by atoms with Crippen molar-refractivity contribution in [2.45, 2.75) is 32.5 Å². The van der Waals surface area contributed by atoms with Crippen molar-refractivity contribution in [3.8, 4) is 0 Å². The van der Waals surface area contributed by atoms with E-state index in [1.807, 2.05) is 6.92 Å². The molecule has 0 saturated heterocycles. The second-order valence-corrected chi connectivity index (χ2v) is 4.74. The summed E-state index contributed by atoms with van der Waals surface area (Å²) in [6, 6.07) is 4.22. The minimum absolute atomic E-state index is 0.196. The highest BCUT2D eigenvalue weighted by Crippen LogP contribution is 2.29. The van der Waals surface area contributed by atoms with Gasteiger partial charge in [-0.2, -0.15) is 13.2 Å². The molecular weight excluding hydrogens is 272 g/mol. The van der Waals surface area contributed by atoms with E-state index in [9.17, 15) is 17.6 Å². The average Bonchev–Trinajstić information content (AvgIpc) is 2.34. The number of hydrogen-bond acceptors (Lipinski definition) is 2. The van der Waals surface area contributed by atoms with Crippen molar-refractivity contribution in [1.82, 2.24) is 5.32 Å². The highest BCUT2D eigenvalue weighted by Gasteiger charge is 2.28. The molecule has 2 nitrogen and oxygen atoms in total. The molecule has 0 aliphatic heterocycles. The Balaban J connectivity index is 2.96. The van der Waals surface area contributed by atoms with Gasteiger partial charge in [-0.1, -0.05) is 13.0 Å². The number of hydrogen-bond donors (Lipinski definition) is 1. The van der Waals surface area contributed by atoms with Crippen LogP contribution in [0.1, 0.15) is 31.9 Å². The van der Waals surface area contributed by atoms with Crippen molar-refractivity contribution >= 4 is 5.69 Å². The lowest BCUT2D eigenvalue weighted by molar-refractivity contribution is -0.132. The molecule has 0 radical (unpaired) electrons. The van der Waals surface area contributed by atoms with E-state index in [0.717, 1.165) is 0 Å². The molecule has 114 valence electrons. The number of alkyl halides is 3. The minimum atomic E-state index is -4.21. The normalized spacial score (nSPS) is 13.3. The number of rotatable bonds is 6. The average molecular weight is 292 g/mol. The Morgan fingerprint density at radius 2 is 1.95 bits per heavy atom. The van der Waals surface area contributed by atoms with Gasteiger partial charge in [0, 0.05) is 30.9 Å². The van der Waals surface area contributed by atoms with Crippen LogP contribution >= 0.6 is 0 Å². The molecule has 1 rings (SSSR count). The van der Waals surface area contributed by atoms with Crippen LogP contribution in [-0.4, -0.2) is 26.3 Å². The second kappa shape index (κ2) is 6.92. The van der Waals surface area contributed by atoms with Crippen LogP contribution in [0.25, 0.3) is 0 Å². The summed E-state index contributed by atoms with van der Waals surface area (Å²) in [6.45, 7) is 4.15. The van der Waals surface area contributed by atoms with Gasteiger partial charge in [-0.3, -0.25) is 0 Å². The van der Waals surface area contributed by atoms with Gasteiger partial charge in [0.1, 0.15) is 5.82 Å². The summed E-state index contributed by atoms with van der Waals surface area (Å²) >= 11 is 0. The number of benzene rings is 1. The number of nitrogens with zero attached hydrogens (tertiary/aromatic N) is 1. The lowest BCUT2D eigenvalue weighted by Gasteiger charge is -2.26. The Kier molecular flexibility index (Phi) is 5.80. The topological polar surface area (TPSA) is 15.3 Å². The molecule has 0 fully saturated rings. The molecule has 20 heavy (non-hydrogen) atoms. The Labute approximate surface area is 116 Å². The number of halogens is 4. The predicted molar refractivity (Wildman–Crippen MR) is 72.4 cm³/mol. The molecule has 0 heterocycles. The molecule has 1 aromatic carbocycles. The summed E-state index contributed by atoms with van der Waals surface area (Å²) in [4.78, 5) is 1.44. The molecule has 0 saturated carbocycles. The van der Waals surface area contributed by atoms with Crippen molar-refractivity contribution in [2.24, 2.45) is 0 Å². The summed E-state index contributed by atoms with van der Waals surface area (Å²) < 4.78 is 50.8. The summed E-state index contributed by atoms with van der Waals surface area (Å²) in [5, 5.41) is 3.08. The van der Waals surface area contributed by atoms with Crippen LogP contribution < -0.4 is 10.2 Å². The van der Waals surface area contributed by atoms with E-state index in [1.165, 1.54) is 17.0 Å². The maximum Gasteiger partial charge on any atom is 0.390 e. The van der Waals surface area contributed by atoms with Crippen LogP contribution in [0.15, 0.2) is 18.2 Å². The largest absolute Gasteiger partial charge is 0.390 e. The highest BCUT2D eigenvalue weighted by atomic mass is 19.4. The molecule has 6 heteroatoms. The van der Waals surface area contributed by atoms with E-state index in [-0.39, 0.29) is 12.6 Å². The summed E-state index contributed by atoms with van der Waals surface area (Å²) in [6.07, 6.45) is -5.13. The maximum absolute atomic E-state index is 14.0. The molecule has 1 unspecified atom stereocenters. The SMILES string of the molecule is CCNC(C)c1c(F)cccc1N(C)CCC(F)(F)F. The van der Waals surface area contributed by atoms with E-state index in [2.05, 4.69) is 5.32 Å². The molecule has 0 aliphatic rings. The van der Waals surface area contributed by atoms with E-state index in [0.29, 0.717) is 17.8 Å². The molecule has 1 N–H and O–H groups in total. The number of anilines is 1. The van der Waals surface area contributed by atoms with Crippen molar-refractivity contribution in [2.75, 3.05) is 25.0 Å². The van der Waals surface area contributed by atoms with Gasteiger partial charge in [-0.15, -0.1) is 0 Å². The summed E-state index contributed by atoms with van der Waals surface area (Å²) in [5.74, 6) is -0.408. The first kappa shape index (κ1) is 16.8. The quantitative estimate of drug-likeness (QED) is 0.800. The van der Waals surface area contributed by atoms with Gasteiger partial charge in [0.05, 0.1) is 6.42 Å². The van der Waals surface area contributed by atoms with Gasteiger partial charge < -0.3 is 10.2 Å². The van der Waals surface area contributed by atoms with E-state index >= 15 is 0 Å². The minimum Gasteiger partial charge on any atom is -0.374 e. The molecule has 0 bridgehead atoms. The highest BCUT2D eigenvalue weighted by molar-refractivity contribution is 5.55. The fourth-order valence-electron chi connectivity index (χ4n) is 2.11. The maximum atomic E-state index is 14.0. The molecule has 0 aliphatic carbocycles. The Morgan fingerprint density at radius 1 is 1.30 bits per heavy atom. The smallest absolute Gasteiger partial charge is 0.374 e. The van der Waals surface area contributed by atoms with Crippen LogP contribution in [0.5, 0.6) is 0 Å². The zero-order valence-corrected chi connectivity index (χ0v) is 11.9. The summed E-state index contributed by atoms with van der Waals surface area (Å²) in [5.41, 5.74) is 0.890. The fraction of sp³-hybridized carbons (Fsp3) is 0.571. The first-order chi connectivity index (χ1) is 9.26. The van der Waals surface area contributed by atoms with Crippen LogP contribution in [0.2, 0.25) is 0 Å². The van der Waals surface area contributed by atoms with Crippen LogP contribution in [0.3, 0.4) is 0 Å². The van der Waals surface area contributed by atoms with Crippen molar-refractivity contribution in [3.05, 3.63) is 29.6 Å². The molecule has 0 amide bonds. The first-order valence-corrected chi connectivity index (χ1v) is 6.56. The zero-order chi connectivity index (χ0) is 15.3. The third-order valence-corrected chi connectivity index (χ3v) is 3.12. The van der Waals surface area contributed by atoms with Gasteiger partial charge in [0.2, 0.25) is 0 Å². The Hall–Kier alpha value is -1.30. The first-order valence-electron chi connectivity index (χ1n) is 6.56. The summed E-state index contributed by atoms with van der Waals surface area (Å²) in [7, 11) is 1.54. The van der Waals surface area contributed by atoms with Crippen molar-refractivity contribution < 1.29 is 17.6 Å². The second-order valence-electron chi connectivity index (χ2n) is 4.74. The number of nitrogens with one attached hydrogen (secondary N) is 1. The molecular formula is C14H20F4N2. The van der Waals surface area contributed by atoms with Gasteiger partial charge in [-0.25, -0.2) is 4.39 Å². The molecule has 1 atom stereocenters. The standard InChI is InChI=1S/C14H20F4N2/c1-4-19-10(2)13-11(15)6-5-7-12(13)20(3)9-8-14(16,17)18/h5-7,10,19H,4,8-9H2,1-3H3. The Bertz CT molecular complexity index is 432. The van der Waals surface area contributed by atoms with Gasteiger partial charge in [0.25, 0.3) is 0 Å². The zero-order valence-electron chi connectivity index (χ0n) is 11.9. The van der Waals surface area contributed by atoms with Gasteiger partial charge in [-0.05, 0) is 25.6 Å². The van der Waals surface area contributed by atoms with E-state index < -0.39 is 18.4 Å². The van der Waals surface area contributed by atoms with Crippen LogP contribution in [0, 0.1) is 5.82 Å². The van der Waals surface area contributed by atoms with Crippen LogP contribution in [0.4, 0.5) is 23.2 Å². The van der Waals surface area contributed by atoms with Crippen molar-refractivity contribution in [3.63, 3.8) is 0 Å². The molecule has 0 aromatic heterocycles. The lowest BCUT2D eigenvalue weighted by Crippen LogP contribution is -2.27. The van der Waals surface area contributed by atoms with E-state index in [1.54, 1.807) is 20.0 Å². The third-order valence-electron chi connectivity index (χ3n) is 3.12. The Morgan fingerprint density at radius 3 is 2.50 bits per heavy atom. The molecule has 0 spiro atoms. The van der Waals surface area contributed by atoms with E-state index in [4.69, 9.17) is 0 Å².